The monoisotopic (exact) mass is 266 g/mol. The van der Waals surface area contributed by atoms with Crippen LogP contribution in [0.3, 0.4) is 0 Å². The predicted octanol–water partition coefficient (Wildman–Crippen LogP) is 3.03. The fourth-order valence-electron chi connectivity index (χ4n) is 2.81. The number of nitrogens with two attached hydrogens (primary N) is 1. The molecule has 102 valence electrons. The minimum atomic E-state index is 0.0411. The van der Waals surface area contributed by atoms with Crippen LogP contribution in [0.25, 0.3) is 0 Å². The molecule has 0 radical (unpaired) electrons. The van der Waals surface area contributed by atoms with Gasteiger partial charge >= 0.3 is 0 Å². The number of amides is 1. The van der Waals surface area contributed by atoms with Crippen molar-refractivity contribution >= 4 is 11.6 Å². The van der Waals surface area contributed by atoms with Crippen LogP contribution in [0.2, 0.25) is 0 Å². The Balaban J connectivity index is 1.91. The molecule has 2 aromatic rings. The van der Waals surface area contributed by atoms with Crippen LogP contribution in [0, 0.1) is 0 Å². The Kier molecular flexibility index (Phi) is 3.18. The SMILES string of the molecule is CC(c1cccc(N)c1)N1CCc2ccccc2C1=O. The average Bonchev–Trinajstić information content (AvgIpc) is 2.47. The molecule has 1 amide bonds. The van der Waals surface area contributed by atoms with Gasteiger partial charge in [0, 0.05) is 17.8 Å². The van der Waals surface area contributed by atoms with Gasteiger partial charge in [-0.25, -0.2) is 0 Å². The standard InChI is InChI=1S/C17H18N2O/c1-12(14-6-4-7-15(18)11-14)19-10-9-13-5-2-3-8-16(13)17(19)20/h2-8,11-12H,9-10,18H2,1H3. The predicted molar refractivity (Wildman–Crippen MR) is 80.5 cm³/mol. The van der Waals surface area contributed by atoms with Gasteiger partial charge in [0.05, 0.1) is 6.04 Å². The van der Waals surface area contributed by atoms with Gasteiger partial charge in [-0.1, -0.05) is 30.3 Å². The summed E-state index contributed by atoms with van der Waals surface area (Å²) in [6.45, 7) is 2.81. The summed E-state index contributed by atoms with van der Waals surface area (Å²) in [5.41, 5.74) is 9.63. The summed E-state index contributed by atoms with van der Waals surface area (Å²) >= 11 is 0. The van der Waals surface area contributed by atoms with Crippen LogP contribution < -0.4 is 5.73 Å². The van der Waals surface area contributed by atoms with Gasteiger partial charge in [0.15, 0.2) is 0 Å². The molecule has 0 aromatic heterocycles. The Morgan fingerprint density at radius 1 is 1.15 bits per heavy atom. The topological polar surface area (TPSA) is 46.3 Å². The first-order valence-electron chi connectivity index (χ1n) is 6.91. The molecule has 3 nitrogen and oxygen atoms in total. The number of rotatable bonds is 2. The first kappa shape index (κ1) is 12.7. The molecule has 0 aliphatic carbocycles. The van der Waals surface area contributed by atoms with E-state index in [2.05, 4.69) is 6.92 Å². The number of carbonyl (C=O) groups excluding carboxylic acids is 1. The van der Waals surface area contributed by atoms with E-state index in [0.29, 0.717) is 0 Å². The van der Waals surface area contributed by atoms with Crippen molar-refractivity contribution in [1.82, 2.24) is 4.90 Å². The number of nitrogens with zero attached hydrogens (tertiary/aromatic N) is 1. The molecule has 3 rings (SSSR count). The molecule has 1 atom stereocenters. The third-order valence-electron chi connectivity index (χ3n) is 3.99. The minimum absolute atomic E-state index is 0.0411. The highest BCUT2D eigenvalue weighted by molar-refractivity contribution is 5.97. The maximum absolute atomic E-state index is 12.6. The first-order valence-corrected chi connectivity index (χ1v) is 6.91. The number of anilines is 1. The van der Waals surface area contributed by atoms with E-state index in [-0.39, 0.29) is 11.9 Å². The number of hydrogen-bond donors (Lipinski definition) is 1. The second-order valence-corrected chi connectivity index (χ2v) is 5.25. The smallest absolute Gasteiger partial charge is 0.254 e. The molecule has 2 aromatic carbocycles. The van der Waals surface area contributed by atoms with Crippen molar-refractivity contribution in [1.29, 1.82) is 0 Å². The highest BCUT2D eigenvalue weighted by atomic mass is 16.2. The van der Waals surface area contributed by atoms with Crippen LogP contribution in [0.1, 0.15) is 34.5 Å². The molecule has 1 aliphatic heterocycles. The second kappa shape index (κ2) is 5.00. The third-order valence-corrected chi connectivity index (χ3v) is 3.99. The quantitative estimate of drug-likeness (QED) is 0.849. The van der Waals surface area contributed by atoms with Gasteiger partial charge in [0.1, 0.15) is 0 Å². The van der Waals surface area contributed by atoms with Crippen LogP contribution in [-0.4, -0.2) is 17.4 Å². The van der Waals surface area contributed by atoms with Crippen molar-refractivity contribution in [2.45, 2.75) is 19.4 Å². The molecular formula is C17H18N2O. The summed E-state index contributed by atoms with van der Waals surface area (Å²) < 4.78 is 0. The van der Waals surface area contributed by atoms with E-state index in [1.165, 1.54) is 0 Å². The fraction of sp³-hybridized carbons (Fsp3) is 0.235. The fourth-order valence-corrected chi connectivity index (χ4v) is 2.81. The van der Waals surface area contributed by atoms with Crippen LogP contribution in [-0.2, 0) is 6.42 Å². The number of fused-ring (bicyclic) bond motifs is 1. The Morgan fingerprint density at radius 2 is 1.95 bits per heavy atom. The average molecular weight is 266 g/mol. The molecule has 3 heteroatoms. The Hall–Kier alpha value is -2.29. The maximum Gasteiger partial charge on any atom is 0.254 e. The summed E-state index contributed by atoms with van der Waals surface area (Å²) in [6, 6.07) is 15.7. The minimum Gasteiger partial charge on any atom is -0.399 e. The lowest BCUT2D eigenvalue weighted by Gasteiger charge is -2.34. The van der Waals surface area contributed by atoms with Gasteiger partial charge < -0.3 is 10.6 Å². The van der Waals surface area contributed by atoms with E-state index in [9.17, 15) is 4.79 Å². The van der Waals surface area contributed by atoms with Crippen molar-refractivity contribution in [3.05, 3.63) is 65.2 Å². The van der Waals surface area contributed by atoms with Gasteiger partial charge in [-0.2, -0.15) is 0 Å². The molecule has 20 heavy (non-hydrogen) atoms. The summed E-state index contributed by atoms with van der Waals surface area (Å²) in [6.07, 6.45) is 0.911. The molecule has 1 aliphatic rings. The molecule has 1 unspecified atom stereocenters. The number of carbonyl (C=O) groups is 1. The first-order chi connectivity index (χ1) is 9.66. The van der Waals surface area contributed by atoms with Gasteiger partial charge in [0.2, 0.25) is 0 Å². The normalized spacial score (nSPS) is 15.8. The lowest BCUT2D eigenvalue weighted by Crippen LogP contribution is -2.39. The lowest BCUT2D eigenvalue weighted by atomic mass is 9.96. The van der Waals surface area contributed by atoms with Crippen molar-refractivity contribution in [3.8, 4) is 0 Å². The maximum atomic E-state index is 12.6. The highest BCUT2D eigenvalue weighted by Crippen LogP contribution is 2.28. The Labute approximate surface area is 119 Å². The van der Waals surface area contributed by atoms with Crippen molar-refractivity contribution in [2.24, 2.45) is 0 Å². The lowest BCUT2D eigenvalue weighted by molar-refractivity contribution is 0.0673. The number of nitrogen functional groups attached to an aromatic ring is 1. The third kappa shape index (κ3) is 2.16. The Bertz CT molecular complexity index is 651. The largest absolute Gasteiger partial charge is 0.399 e. The summed E-state index contributed by atoms with van der Waals surface area (Å²) in [5.74, 6) is 0.113. The molecular weight excluding hydrogens is 248 g/mol. The van der Waals surface area contributed by atoms with Gasteiger partial charge in [-0.15, -0.1) is 0 Å². The molecule has 0 bridgehead atoms. The number of benzene rings is 2. The van der Waals surface area contributed by atoms with E-state index in [4.69, 9.17) is 5.73 Å². The van der Waals surface area contributed by atoms with Gasteiger partial charge in [0.25, 0.3) is 5.91 Å². The van der Waals surface area contributed by atoms with Crippen molar-refractivity contribution < 1.29 is 4.79 Å². The zero-order valence-corrected chi connectivity index (χ0v) is 11.5. The molecule has 0 saturated carbocycles. The van der Waals surface area contributed by atoms with Crippen LogP contribution in [0.4, 0.5) is 5.69 Å². The van der Waals surface area contributed by atoms with Crippen LogP contribution in [0.15, 0.2) is 48.5 Å². The van der Waals surface area contributed by atoms with Crippen molar-refractivity contribution in [2.75, 3.05) is 12.3 Å². The van der Waals surface area contributed by atoms with E-state index in [1.807, 2.05) is 53.4 Å². The van der Waals surface area contributed by atoms with Gasteiger partial charge in [-0.05, 0) is 42.7 Å². The van der Waals surface area contributed by atoms with Crippen molar-refractivity contribution in [3.63, 3.8) is 0 Å². The molecule has 2 N–H and O–H groups in total. The summed E-state index contributed by atoms with van der Waals surface area (Å²) in [4.78, 5) is 14.5. The zero-order chi connectivity index (χ0) is 14.1. The van der Waals surface area contributed by atoms with Crippen LogP contribution in [0.5, 0.6) is 0 Å². The highest BCUT2D eigenvalue weighted by Gasteiger charge is 2.28. The number of hydrogen-bond acceptors (Lipinski definition) is 2. The Morgan fingerprint density at radius 3 is 2.75 bits per heavy atom. The van der Waals surface area contributed by atoms with E-state index >= 15 is 0 Å². The van der Waals surface area contributed by atoms with E-state index < -0.39 is 0 Å². The zero-order valence-electron chi connectivity index (χ0n) is 11.5. The van der Waals surface area contributed by atoms with E-state index in [0.717, 1.165) is 35.3 Å². The molecule has 0 spiro atoms. The summed E-state index contributed by atoms with van der Waals surface area (Å²) in [7, 11) is 0. The van der Waals surface area contributed by atoms with Gasteiger partial charge in [-0.3, -0.25) is 4.79 Å². The van der Waals surface area contributed by atoms with Crippen LogP contribution >= 0.6 is 0 Å². The van der Waals surface area contributed by atoms with E-state index in [1.54, 1.807) is 0 Å². The molecule has 0 saturated heterocycles. The molecule has 1 heterocycles. The summed E-state index contributed by atoms with van der Waals surface area (Å²) in [5, 5.41) is 0. The molecule has 0 fully saturated rings. The second-order valence-electron chi connectivity index (χ2n) is 5.25.